The van der Waals surface area contributed by atoms with E-state index in [4.69, 9.17) is 5.11 Å². The summed E-state index contributed by atoms with van der Waals surface area (Å²) in [6.07, 6.45) is 2.41. The first-order chi connectivity index (χ1) is 7.12. The number of nitrogens with zero attached hydrogens (tertiary/aromatic N) is 2. The van der Waals surface area contributed by atoms with Crippen molar-refractivity contribution in [2.75, 3.05) is 18.0 Å². The summed E-state index contributed by atoms with van der Waals surface area (Å²) in [7, 11) is 0. The number of pyridine rings is 1. The van der Waals surface area contributed by atoms with Crippen molar-refractivity contribution < 1.29 is 9.90 Å². The van der Waals surface area contributed by atoms with Gasteiger partial charge in [0.05, 0.1) is 5.41 Å². The quantitative estimate of drug-likeness (QED) is 0.794. The Morgan fingerprint density at radius 2 is 2.40 bits per heavy atom. The van der Waals surface area contributed by atoms with Crippen molar-refractivity contribution in [2.24, 2.45) is 5.41 Å². The molecule has 0 aromatic carbocycles. The van der Waals surface area contributed by atoms with Gasteiger partial charge in [0, 0.05) is 19.3 Å². The zero-order valence-corrected chi connectivity index (χ0v) is 8.68. The molecule has 15 heavy (non-hydrogen) atoms. The Kier molecular flexibility index (Phi) is 2.34. The van der Waals surface area contributed by atoms with Gasteiger partial charge in [0.2, 0.25) is 0 Å². The Labute approximate surface area is 88.6 Å². The molecule has 1 aromatic heterocycles. The third-order valence-electron chi connectivity index (χ3n) is 2.96. The molecule has 0 amide bonds. The standard InChI is InChI=1S/C11H14N2O2/c1-11(10(14)15)5-7-13(8-11)9-4-2-3-6-12-9/h2-4,6H,5,7-8H2,1H3,(H,14,15). The van der Waals surface area contributed by atoms with Crippen molar-refractivity contribution in [1.29, 1.82) is 0 Å². The first-order valence-electron chi connectivity index (χ1n) is 5.01. The lowest BCUT2D eigenvalue weighted by molar-refractivity contribution is -0.146. The van der Waals surface area contributed by atoms with E-state index in [1.165, 1.54) is 0 Å². The molecule has 1 aliphatic rings. The Bertz CT molecular complexity index is 366. The lowest BCUT2D eigenvalue weighted by atomic mass is 9.90. The van der Waals surface area contributed by atoms with E-state index < -0.39 is 11.4 Å². The average Bonchev–Trinajstić information content (AvgIpc) is 2.64. The third kappa shape index (κ3) is 1.79. The number of carbonyl (C=O) groups is 1. The maximum atomic E-state index is 11.1. The lowest BCUT2D eigenvalue weighted by Gasteiger charge is -2.20. The largest absolute Gasteiger partial charge is 0.481 e. The zero-order valence-electron chi connectivity index (χ0n) is 8.68. The van der Waals surface area contributed by atoms with E-state index >= 15 is 0 Å². The molecular weight excluding hydrogens is 192 g/mol. The second-order valence-electron chi connectivity index (χ2n) is 4.23. The van der Waals surface area contributed by atoms with Crippen molar-refractivity contribution >= 4 is 11.8 Å². The van der Waals surface area contributed by atoms with Gasteiger partial charge in [-0.1, -0.05) is 6.07 Å². The van der Waals surface area contributed by atoms with Crippen LogP contribution < -0.4 is 4.90 Å². The molecule has 1 aromatic rings. The lowest BCUT2D eigenvalue weighted by Crippen LogP contribution is -2.31. The Morgan fingerprint density at radius 1 is 1.60 bits per heavy atom. The topological polar surface area (TPSA) is 53.4 Å². The van der Waals surface area contributed by atoms with E-state index in [0.29, 0.717) is 13.0 Å². The SMILES string of the molecule is CC1(C(=O)O)CCN(c2ccccn2)C1. The van der Waals surface area contributed by atoms with Gasteiger partial charge in [0.25, 0.3) is 0 Å². The molecule has 2 rings (SSSR count). The number of hydrogen-bond acceptors (Lipinski definition) is 3. The van der Waals surface area contributed by atoms with Gasteiger partial charge in [0.15, 0.2) is 0 Å². The molecule has 1 saturated heterocycles. The van der Waals surface area contributed by atoms with Crippen molar-refractivity contribution in [1.82, 2.24) is 4.98 Å². The molecule has 1 aliphatic heterocycles. The summed E-state index contributed by atoms with van der Waals surface area (Å²) < 4.78 is 0. The van der Waals surface area contributed by atoms with Crippen LogP contribution in [0.1, 0.15) is 13.3 Å². The van der Waals surface area contributed by atoms with Crippen molar-refractivity contribution in [2.45, 2.75) is 13.3 Å². The molecule has 80 valence electrons. The fourth-order valence-corrected chi connectivity index (χ4v) is 1.87. The molecule has 0 spiro atoms. The van der Waals surface area contributed by atoms with E-state index in [9.17, 15) is 4.79 Å². The monoisotopic (exact) mass is 206 g/mol. The summed E-state index contributed by atoms with van der Waals surface area (Å²) >= 11 is 0. The van der Waals surface area contributed by atoms with Gasteiger partial charge in [-0.2, -0.15) is 0 Å². The summed E-state index contributed by atoms with van der Waals surface area (Å²) in [5.74, 6) is 0.142. The summed E-state index contributed by atoms with van der Waals surface area (Å²) in [6.45, 7) is 3.09. The van der Waals surface area contributed by atoms with Gasteiger partial charge in [0.1, 0.15) is 5.82 Å². The molecule has 0 aliphatic carbocycles. The molecular formula is C11H14N2O2. The van der Waals surface area contributed by atoms with E-state index in [-0.39, 0.29) is 0 Å². The summed E-state index contributed by atoms with van der Waals surface area (Å²) in [5, 5.41) is 9.09. The molecule has 1 fully saturated rings. The highest BCUT2D eigenvalue weighted by Crippen LogP contribution is 2.32. The first-order valence-corrected chi connectivity index (χ1v) is 5.01. The highest BCUT2D eigenvalue weighted by molar-refractivity contribution is 5.76. The van der Waals surface area contributed by atoms with Gasteiger partial charge < -0.3 is 10.0 Å². The molecule has 4 heteroatoms. The average molecular weight is 206 g/mol. The van der Waals surface area contributed by atoms with Crippen LogP contribution in [0, 0.1) is 5.41 Å². The maximum absolute atomic E-state index is 11.1. The first kappa shape index (κ1) is 9.96. The van der Waals surface area contributed by atoms with Gasteiger partial charge in [-0.3, -0.25) is 4.79 Å². The fourth-order valence-electron chi connectivity index (χ4n) is 1.87. The van der Waals surface area contributed by atoms with Gasteiger partial charge >= 0.3 is 5.97 Å². The van der Waals surface area contributed by atoms with E-state index in [0.717, 1.165) is 12.4 Å². The predicted octanol–water partition coefficient (Wildman–Crippen LogP) is 1.38. The molecule has 0 radical (unpaired) electrons. The third-order valence-corrected chi connectivity index (χ3v) is 2.96. The highest BCUT2D eigenvalue weighted by Gasteiger charge is 2.40. The number of anilines is 1. The summed E-state index contributed by atoms with van der Waals surface area (Å²) in [5.41, 5.74) is -0.627. The van der Waals surface area contributed by atoms with Gasteiger partial charge in [-0.25, -0.2) is 4.98 Å². The van der Waals surface area contributed by atoms with Crippen LogP contribution in [0.25, 0.3) is 0 Å². The van der Waals surface area contributed by atoms with Crippen molar-refractivity contribution in [3.8, 4) is 0 Å². The molecule has 4 nitrogen and oxygen atoms in total. The van der Waals surface area contributed by atoms with Crippen molar-refractivity contribution in [3.05, 3.63) is 24.4 Å². The molecule has 0 saturated carbocycles. The summed E-state index contributed by atoms with van der Waals surface area (Å²) in [6, 6.07) is 5.68. The van der Waals surface area contributed by atoms with E-state index in [1.807, 2.05) is 23.1 Å². The maximum Gasteiger partial charge on any atom is 0.311 e. The van der Waals surface area contributed by atoms with Crippen LogP contribution in [0.15, 0.2) is 24.4 Å². The highest BCUT2D eigenvalue weighted by atomic mass is 16.4. The van der Waals surface area contributed by atoms with Gasteiger partial charge in [-0.15, -0.1) is 0 Å². The molecule has 2 heterocycles. The number of aromatic nitrogens is 1. The van der Waals surface area contributed by atoms with Crippen LogP contribution in [-0.4, -0.2) is 29.1 Å². The molecule has 1 N–H and O–H groups in total. The van der Waals surface area contributed by atoms with Crippen LogP contribution in [-0.2, 0) is 4.79 Å². The number of carboxylic acids is 1. The number of rotatable bonds is 2. The minimum atomic E-state index is -0.721. The number of hydrogen-bond donors (Lipinski definition) is 1. The number of aliphatic carboxylic acids is 1. The van der Waals surface area contributed by atoms with E-state index in [2.05, 4.69) is 4.98 Å². The smallest absolute Gasteiger partial charge is 0.311 e. The van der Waals surface area contributed by atoms with Crippen LogP contribution >= 0.6 is 0 Å². The predicted molar refractivity (Wildman–Crippen MR) is 56.8 cm³/mol. The van der Waals surface area contributed by atoms with Crippen LogP contribution in [0.3, 0.4) is 0 Å². The second-order valence-corrected chi connectivity index (χ2v) is 4.23. The molecule has 0 bridgehead atoms. The minimum Gasteiger partial charge on any atom is -0.481 e. The molecule has 1 atom stereocenters. The fraction of sp³-hybridized carbons (Fsp3) is 0.455. The van der Waals surface area contributed by atoms with Crippen LogP contribution in [0.4, 0.5) is 5.82 Å². The minimum absolute atomic E-state index is 0.541. The Hall–Kier alpha value is -1.58. The Morgan fingerprint density at radius 3 is 2.93 bits per heavy atom. The van der Waals surface area contributed by atoms with Gasteiger partial charge in [-0.05, 0) is 25.5 Å². The molecule has 1 unspecified atom stereocenters. The van der Waals surface area contributed by atoms with Crippen LogP contribution in [0.2, 0.25) is 0 Å². The van der Waals surface area contributed by atoms with Crippen LogP contribution in [0.5, 0.6) is 0 Å². The van der Waals surface area contributed by atoms with E-state index in [1.54, 1.807) is 13.1 Å². The number of carboxylic acid groups (broad SMARTS) is 1. The second kappa shape index (κ2) is 3.53. The van der Waals surface area contributed by atoms with Crippen molar-refractivity contribution in [3.63, 3.8) is 0 Å². The zero-order chi connectivity index (χ0) is 10.9. The summed E-state index contributed by atoms with van der Waals surface area (Å²) in [4.78, 5) is 17.3. The Balaban J connectivity index is 2.14. The normalized spacial score (nSPS) is 25.5.